The first-order valence-corrected chi connectivity index (χ1v) is 18.4. The summed E-state index contributed by atoms with van der Waals surface area (Å²) in [6.45, 7) is 12.5. The van der Waals surface area contributed by atoms with Crippen molar-refractivity contribution in [3.05, 3.63) is 0 Å². The zero-order valence-corrected chi connectivity index (χ0v) is 28.2. The number of rotatable bonds is 18. The molecule has 0 bridgehead atoms. The molecule has 1 saturated carbocycles. The number of aliphatic carboxylic acids is 1. The lowest BCUT2D eigenvalue weighted by Gasteiger charge is -2.35. The molecule has 1 fully saturated rings. The molecule has 4 atom stereocenters. The highest BCUT2D eigenvalue weighted by molar-refractivity contribution is 8.76. The Morgan fingerprint density at radius 1 is 0.800 bits per heavy atom. The molecule has 1 rings (SSSR count). The third-order valence-corrected chi connectivity index (χ3v) is 11.1. The number of carbonyl (C=O) groups is 4. The standard InChI is InChI=1S/C27H48N2O7S4/c1-8-9-14-37-21-12-13-22(21)38-15-10-11-20(30)18(28-24(33)35-26(2,3)4)16-39-40-17-19(23(31)32)29-25(34)36-27(5,6)7/h18-19,21-22H,8-17H2,1-7H3,(H,28,33)(H,29,34)(H,31,32). The van der Waals surface area contributed by atoms with Gasteiger partial charge in [0.15, 0.2) is 5.78 Å². The van der Waals surface area contributed by atoms with E-state index in [1.165, 1.54) is 53.0 Å². The maximum absolute atomic E-state index is 13.1. The molecule has 0 aliphatic heterocycles. The van der Waals surface area contributed by atoms with Gasteiger partial charge in [0.2, 0.25) is 0 Å². The van der Waals surface area contributed by atoms with Crippen LogP contribution in [0, 0.1) is 0 Å². The number of carboxylic acid groups (broad SMARTS) is 1. The normalized spacial score (nSPS) is 18.7. The van der Waals surface area contributed by atoms with Gasteiger partial charge in [-0.1, -0.05) is 34.9 Å². The molecular weight excluding hydrogens is 593 g/mol. The minimum atomic E-state index is -1.19. The highest BCUT2D eigenvalue weighted by Crippen LogP contribution is 2.40. The molecule has 1 aliphatic carbocycles. The maximum Gasteiger partial charge on any atom is 0.408 e. The lowest BCUT2D eigenvalue weighted by Crippen LogP contribution is -2.45. The van der Waals surface area contributed by atoms with E-state index in [1.807, 2.05) is 11.8 Å². The van der Waals surface area contributed by atoms with E-state index in [4.69, 9.17) is 9.47 Å². The van der Waals surface area contributed by atoms with Crippen molar-refractivity contribution in [3.8, 4) is 0 Å². The van der Waals surface area contributed by atoms with Gasteiger partial charge in [0.25, 0.3) is 0 Å². The summed E-state index contributed by atoms with van der Waals surface area (Å²) in [6.07, 6.45) is 4.59. The van der Waals surface area contributed by atoms with E-state index in [-0.39, 0.29) is 17.3 Å². The van der Waals surface area contributed by atoms with Crippen LogP contribution in [-0.4, -0.2) is 85.8 Å². The summed E-state index contributed by atoms with van der Waals surface area (Å²) in [5.74, 6) is 1.15. The second-order valence-corrected chi connectivity index (χ2v) is 16.9. The smallest absolute Gasteiger partial charge is 0.408 e. The first-order chi connectivity index (χ1) is 18.6. The average Bonchev–Trinajstić information content (AvgIpc) is 2.79. The number of Topliss-reactive ketones (excluding diaryl/α,β-unsaturated/α-hetero) is 1. The lowest BCUT2D eigenvalue weighted by atomic mass is 9.99. The fraction of sp³-hybridized carbons (Fsp3) is 0.852. The topological polar surface area (TPSA) is 131 Å². The van der Waals surface area contributed by atoms with Crippen LogP contribution in [0.15, 0.2) is 0 Å². The van der Waals surface area contributed by atoms with Crippen molar-refractivity contribution in [1.29, 1.82) is 0 Å². The predicted molar refractivity (Wildman–Crippen MR) is 170 cm³/mol. The molecule has 9 nitrogen and oxygen atoms in total. The van der Waals surface area contributed by atoms with Crippen LogP contribution < -0.4 is 10.6 Å². The summed E-state index contributed by atoms with van der Waals surface area (Å²) >= 11 is 4.02. The number of thioether (sulfide) groups is 2. The van der Waals surface area contributed by atoms with Gasteiger partial charge in [-0.05, 0) is 78.7 Å². The lowest BCUT2D eigenvalue weighted by molar-refractivity contribution is -0.138. The number of hydrogen-bond acceptors (Lipinski definition) is 10. The second kappa shape index (κ2) is 18.6. The van der Waals surface area contributed by atoms with Crippen molar-refractivity contribution in [2.24, 2.45) is 0 Å². The van der Waals surface area contributed by atoms with Crippen LogP contribution in [0.5, 0.6) is 0 Å². The van der Waals surface area contributed by atoms with E-state index in [0.717, 1.165) is 17.4 Å². The third kappa shape index (κ3) is 17.1. The molecule has 0 heterocycles. The Hall–Kier alpha value is -0.920. The first kappa shape index (κ1) is 37.1. The highest BCUT2D eigenvalue weighted by atomic mass is 33.1. The molecule has 232 valence electrons. The number of carboxylic acids is 1. The van der Waals surface area contributed by atoms with Crippen LogP contribution >= 0.6 is 45.1 Å². The molecule has 0 aromatic rings. The molecule has 0 aromatic carbocycles. The molecule has 2 amide bonds. The van der Waals surface area contributed by atoms with Crippen molar-refractivity contribution < 1.29 is 33.8 Å². The molecule has 13 heteroatoms. The Labute approximate surface area is 256 Å². The zero-order chi connectivity index (χ0) is 30.3. The SMILES string of the molecule is CCCCSC1CCC1SCCCC(=O)C(CSSCC(NC(=O)OC(C)(C)C)C(=O)O)NC(=O)OC(C)(C)C. The summed E-state index contributed by atoms with van der Waals surface area (Å²) < 4.78 is 10.5. The average molecular weight is 641 g/mol. The minimum Gasteiger partial charge on any atom is -0.480 e. The third-order valence-electron chi connectivity index (χ3n) is 5.50. The molecule has 0 saturated heterocycles. The van der Waals surface area contributed by atoms with Crippen molar-refractivity contribution >= 4 is 69.1 Å². The second-order valence-electron chi connectivity index (χ2n) is 11.6. The van der Waals surface area contributed by atoms with Gasteiger partial charge in [0.1, 0.15) is 23.3 Å². The fourth-order valence-corrected chi connectivity index (χ4v) is 8.88. The fourth-order valence-electron chi connectivity index (χ4n) is 3.38. The van der Waals surface area contributed by atoms with Gasteiger partial charge in [-0.2, -0.15) is 23.5 Å². The largest absolute Gasteiger partial charge is 0.480 e. The van der Waals surface area contributed by atoms with Crippen LogP contribution in [0.25, 0.3) is 0 Å². The van der Waals surface area contributed by atoms with E-state index in [0.29, 0.717) is 11.7 Å². The molecule has 3 N–H and O–H groups in total. The van der Waals surface area contributed by atoms with Gasteiger partial charge >= 0.3 is 18.2 Å². The number of carbonyl (C=O) groups excluding carboxylic acids is 3. The number of alkyl carbamates (subject to hydrolysis) is 2. The Morgan fingerprint density at radius 2 is 1.25 bits per heavy atom. The zero-order valence-electron chi connectivity index (χ0n) is 24.9. The molecular formula is C27H48N2O7S4. The van der Waals surface area contributed by atoms with Gasteiger partial charge < -0.3 is 25.2 Å². The Bertz CT molecular complexity index is 818. The van der Waals surface area contributed by atoms with E-state index < -0.39 is 41.4 Å². The van der Waals surface area contributed by atoms with Crippen molar-refractivity contribution in [3.63, 3.8) is 0 Å². The number of unbranched alkanes of at least 4 members (excludes halogenated alkanes) is 1. The van der Waals surface area contributed by atoms with E-state index in [2.05, 4.69) is 29.3 Å². The number of amides is 2. The summed E-state index contributed by atoms with van der Waals surface area (Å²) in [4.78, 5) is 49.0. The van der Waals surface area contributed by atoms with Crippen LogP contribution in [0.4, 0.5) is 9.59 Å². The molecule has 0 radical (unpaired) electrons. The number of ether oxygens (including phenoxy) is 2. The van der Waals surface area contributed by atoms with Gasteiger partial charge in [0, 0.05) is 28.4 Å². The van der Waals surface area contributed by atoms with Crippen LogP contribution in [-0.2, 0) is 19.1 Å². The monoisotopic (exact) mass is 640 g/mol. The Balaban J connectivity index is 2.56. The van der Waals surface area contributed by atoms with E-state index in [1.54, 1.807) is 41.5 Å². The van der Waals surface area contributed by atoms with Gasteiger partial charge in [-0.3, -0.25) is 4.79 Å². The van der Waals surface area contributed by atoms with Crippen LogP contribution in [0.2, 0.25) is 0 Å². The number of ketones is 1. The van der Waals surface area contributed by atoms with Crippen LogP contribution in [0.1, 0.15) is 87.0 Å². The first-order valence-electron chi connectivity index (χ1n) is 13.8. The van der Waals surface area contributed by atoms with Gasteiger partial charge in [-0.25, -0.2) is 14.4 Å². The Morgan fingerprint density at radius 3 is 1.68 bits per heavy atom. The summed E-state index contributed by atoms with van der Waals surface area (Å²) in [5, 5.41) is 15.9. The molecule has 0 spiro atoms. The molecule has 0 aromatic heterocycles. The van der Waals surface area contributed by atoms with Crippen molar-refractivity contribution in [1.82, 2.24) is 10.6 Å². The van der Waals surface area contributed by atoms with Crippen molar-refractivity contribution in [2.75, 3.05) is 23.0 Å². The number of hydrogen-bond donors (Lipinski definition) is 3. The van der Waals surface area contributed by atoms with Gasteiger partial charge in [-0.15, -0.1) is 0 Å². The number of nitrogens with one attached hydrogen (secondary N) is 2. The predicted octanol–water partition coefficient (Wildman–Crippen LogP) is 6.39. The van der Waals surface area contributed by atoms with E-state index >= 15 is 0 Å². The molecule has 4 unspecified atom stereocenters. The summed E-state index contributed by atoms with van der Waals surface area (Å²) in [5.41, 5.74) is -1.45. The van der Waals surface area contributed by atoms with Crippen molar-refractivity contribution in [2.45, 2.75) is 121 Å². The van der Waals surface area contributed by atoms with Gasteiger partial charge in [0.05, 0.1) is 0 Å². The molecule has 1 aliphatic rings. The highest BCUT2D eigenvalue weighted by Gasteiger charge is 2.31. The minimum absolute atomic E-state index is 0.0576. The van der Waals surface area contributed by atoms with Crippen LogP contribution in [0.3, 0.4) is 0 Å². The van der Waals surface area contributed by atoms with E-state index in [9.17, 15) is 24.3 Å². The quantitative estimate of drug-likeness (QED) is 0.114. The molecule has 40 heavy (non-hydrogen) atoms. The summed E-state index contributed by atoms with van der Waals surface area (Å²) in [6, 6.07) is -1.92. The Kier molecular flexibility index (Phi) is 17.2. The maximum atomic E-state index is 13.1. The summed E-state index contributed by atoms with van der Waals surface area (Å²) in [7, 11) is 2.47.